The number of nitrogens with zero attached hydrogens (tertiary/aromatic N) is 1. The van der Waals surface area contributed by atoms with Crippen molar-refractivity contribution in [1.82, 2.24) is 5.32 Å². The van der Waals surface area contributed by atoms with Crippen LogP contribution in [-0.2, 0) is 4.79 Å². The van der Waals surface area contributed by atoms with Crippen LogP contribution < -0.4 is 10.6 Å². The van der Waals surface area contributed by atoms with E-state index in [1.165, 1.54) is 0 Å². The van der Waals surface area contributed by atoms with E-state index in [4.69, 9.17) is 5.26 Å². The smallest absolute Gasteiger partial charge is 0.239 e. The van der Waals surface area contributed by atoms with Crippen molar-refractivity contribution in [3.8, 4) is 6.07 Å². The van der Waals surface area contributed by atoms with Gasteiger partial charge in [-0.05, 0) is 31.5 Å². The van der Waals surface area contributed by atoms with Crippen LogP contribution in [0.5, 0.6) is 0 Å². The zero-order chi connectivity index (χ0) is 12.7. The lowest BCUT2D eigenvalue weighted by Crippen LogP contribution is -2.36. The quantitative estimate of drug-likeness (QED) is 0.813. The third-order valence-electron chi connectivity index (χ3n) is 2.46. The fourth-order valence-corrected chi connectivity index (χ4v) is 1.31. The van der Waals surface area contributed by atoms with Crippen LogP contribution in [0.2, 0.25) is 0 Å². The second-order valence-electron chi connectivity index (χ2n) is 3.92. The van der Waals surface area contributed by atoms with E-state index >= 15 is 0 Å². The van der Waals surface area contributed by atoms with Gasteiger partial charge in [-0.3, -0.25) is 4.79 Å². The number of nitrogens with one attached hydrogen (secondary N) is 2. The molecule has 0 aliphatic heterocycles. The summed E-state index contributed by atoms with van der Waals surface area (Å²) in [7, 11) is 0. The van der Waals surface area contributed by atoms with Gasteiger partial charge in [-0.25, -0.2) is 0 Å². The molecule has 4 nitrogen and oxygen atoms in total. The lowest BCUT2D eigenvalue weighted by atomic mass is 10.2. The van der Waals surface area contributed by atoms with Crippen LogP contribution in [0.3, 0.4) is 0 Å². The predicted molar refractivity (Wildman–Crippen MR) is 67.5 cm³/mol. The molecule has 0 saturated carbocycles. The molecule has 90 valence electrons. The molecule has 0 heterocycles. The Morgan fingerprint density at radius 1 is 1.53 bits per heavy atom. The SMILES string of the molecule is CC[C@H](C)NC(=O)CNc1cccc(C#N)c1. The van der Waals surface area contributed by atoms with Crippen molar-refractivity contribution in [2.24, 2.45) is 0 Å². The van der Waals surface area contributed by atoms with Gasteiger partial charge in [0.25, 0.3) is 0 Å². The molecule has 0 saturated heterocycles. The summed E-state index contributed by atoms with van der Waals surface area (Å²) in [6, 6.07) is 9.31. The summed E-state index contributed by atoms with van der Waals surface area (Å²) >= 11 is 0. The lowest BCUT2D eigenvalue weighted by molar-refractivity contribution is -0.120. The number of amides is 1. The molecular formula is C13H17N3O. The number of carbonyl (C=O) groups excluding carboxylic acids is 1. The molecule has 0 radical (unpaired) electrons. The first-order chi connectivity index (χ1) is 8.15. The maximum absolute atomic E-state index is 11.5. The van der Waals surface area contributed by atoms with Crippen molar-refractivity contribution in [2.45, 2.75) is 26.3 Å². The first-order valence-corrected chi connectivity index (χ1v) is 5.69. The molecule has 0 aromatic heterocycles. The largest absolute Gasteiger partial charge is 0.376 e. The van der Waals surface area contributed by atoms with Gasteiger partial charge < -0.3 is 10.6 Å². The van der Waals surface area contributed by atoms with Crippen LogP contribution >= 0.6 is 0 Å². The van der Waals surface area contributed by atoms with Crippen LogP contribution in [0.25, 0.3) is 0 Å². The number of rotatable bonds is 5. The van der Waals surface area contributed by atoms with E-state index in [1.807, 2.05) is 19.9 Å². The normalized spacial score (nSPS) is 11.4. The highest BCUT2D eigenvalue weighted by Gasteiger charge is 2.04. The van der Waals surface area contributed by atoms with Crippen molar-refractivity contribution in [3.63, 3.8) is 0 Å². The molecule has 4 heteroatoms. The van der Waals surface area contributed by atoms with E-state index in [9.17, 15) is 4.79 Å². The van der Waals surface area contributed by atoms with E-state index < -0.39 is 0 Å². The van der Waals surface area contributed by atoms with Gasteiger partial charge in [-0.15, -0.1) is 0 Å². The molecule has 1 atom stereocenters. The van der Waals surface area contributed by atoms with Gasteiger partial charge in [0.15, 0.2) is 0 Å². The average molecular weight is 231 g/mol. The third-order valence-corrected chi connectivity index (χ3v) is 2.46. The molecule has 1 aromatic rings. The molecule has 17 heavy (non-hydrogen) atoms. The Balaban J connectivity index is 2.45. The minimum absolute atomic E-state index is 0.0401. The third kappa shape index (κ3) is 4.56. The minimum Gasteiger partial charge on any atom is -0.376 e. The molecule has 0 spiro atoms. The number of hydrogen-bond acceptors (Lipinski definition) is 3. The molecule has 1 amide bonds. The lowest BCUT2D eigenvalue weighted by Gasteiger charge is -2.12. The van der Waals surface area contributed by atoms with Gasteiger partial charge in [-0.1, -0.05) is 13.0 Å². The maximum atomic E-state index is 11.5. The molecule has 0 bridgehead atoms. The molecule has 1 rings (SSSR count). The van der Waals surface area contributed by atoms with Crippen LogP contribution in [0, 0.1) is 11.3 Å². The predicted octanol–water partition coefficient (Wildman–Crippen LogP) is 1.88. The molecule has 0 aliphatic carbocycles. The second-order valence-corrected chi connectivity index (χ2v) is 3.92. The molecule has 0 unspecified atom stereocenters. The van der Waals surface area contributed by atoms with Crippen molar-refractivity contribution >= 4 is 11.6 Å². The molecule has 1 aromatic carbocycles. The Hall–Kier alpha value is -2.02. The van der Waals surface area contributed by atoms with Crippen molar-refractivity contribution in [2.75, 3.05) is 11.9 Å². The summed E-state index contributed by atoms with van der Waals surface area (Å²) in [5.74, 6) is -0.0401. The summed E-state index contributed by atoms with van der Waals surface area (Å²) < 4.78 is 0. The number of carbonyl (C=O) groups is 1. The number of hydrogen-bond donors (Lipinski definition) is 2. The number of benzene rings is 1. The van der Waals surface area contributed by atoms with Gasteiger partial charge in [0.1, 0.15) is 0 Å². The zero-order valence-electron chi connectivity index (χ0n) is 10.2. The van der Waals surface area contributed by atoms with Gasteiger partial charge >= 0.3 is 0 Å². The fourth-order valence-electron chi connectivity index (χ4n) is 1.31. The monoisotopic (exact) mass is 231 g/mol. The summed E-state index contributed by atoms with van der Waals surface area (Å²) in [5, 5.41) is 14.6. The first kappa shape index (κ1) is 13.0. The molecule has 0 aliphatic rings. The summed E-state index contributed by atoms with van der Waals surface area (Å²) in [6.45, 7) is 4.21. The highest BCUT2D eigenvalue weighted by molar-refractivity contribution is 5.80. The van der Waals surface area contributed by atoms with Crippen molar-refractivity contribution < 1.29 is 4.79 Å². The number of anilines is 1. The van der Waals surface area contributed by atoms with E-state index in [0.717, 1.165) is 12.1 Å². The summed E-state index contributed by atoms with van der Waals surface area (Å²) in [6.07, 6.45) is 0.912. The van der Waals surface area contributed by atoms with Gasteiger partial charge in [0.2, 0.25) is 5.91 Å². The Kier molecular flexibility index (Phi) is 5.02. The van der Waals surface area contributed by atoms with E-state index in [-0.39, 0.29) is 18.5 Å². The van der Waals surface area contributed by atoms with Crippen LogP contribution in [0.4, 0.5) is 5.69 Å². The Morgan fingerprint density at radius 2 is 2.29 bits per heavy atom. The second kappa shape index (κ2) is 6.54. The summed E-state index contributed by atoms with van der Waals surface area (Å²) in [5.41, 5.74) is 1.36. The van der Waals surface area contributed by atoms with Crippen LogP contribution in [0.15, 0.2) is 24.3 Å². The van der Waals surface area contributed by atoms with E-state index in [0.29, 0.717) is 5.56 Å². The standard InChI is InChI=1S/C13H17N3O/c1-3-10(2)16-13(17)9-15-12-6-4-5-11(7-12)8-14/h4-7,10,15H,3,9H2,1-2H3,(H,16,17)/t10-/m0/s1. The molecular weight excluding hydrogens is 214 g/mol. The van der Waals surface area contributed by atoms with Crippen LogP contribution in [0.1, 0.15) is 25.8 Å². The first-order valence-electron chi connectivity index (χ1n) is 5.69. The highest BCUT2D eigenvalue weighted by Crippen LogP contribution is 2.08. The fraction of sp³-hybridized carbons (Fsp3) is 0.385. The van der Waals surface area contributed by atoms with Gasteiger partial charge in [0, 0.05) is 11.7 Å². The zero-order valence-corrected chi connectivity index (χ0v) is 10.2. The Bertz CT molecular complexity index is 423. The Labute approximate surface area is 102 Å². The molecule has 2 N–H and O–H groups in total. The van der Waals surface area contributed by atoms with E-state index in [1.54, 1.807) is 18.2 Å². The molecule has 0 fully saturated rings. The van der Waals surface area contributed by atoms with Gasteiger partial charge in [-0.2, -0.15) is 5.26 Å². The topological polar surface area (TPSA) is 64.9 Å². The van der Waals surface area contributed by atoms with Crippen LogP contribution in [-0.4, -0.2) is 18.5 Å². The maximum Gasteiger partial charge on any atom is 0.239 e. The van der Waals surface area contributed by atoms with Crippen molar-refractivity contribution in [1.29, 1.82) is 5.26 Å². The summed E-state index contributed by atoms with van der Waals surface area (Å²) in [4.78, 5) is 11.5. The Morgan fingerprint density at radius 3 is 2.94 bits per heavy atom. The van der Waals surface area contributed by atoms with Crippen molar-refractivity contribution in [3.05, 3.63) is 29.8 Å². The van der Waals surface area contributed by atoms with Gasteiger partial charge in [0.05, 0.1) is 18.2 Å². The van der Waals surface area contributed by atoms with E-state index in [2.05, 4.69) is 16.7 Å². The number of nitriles is 1. The average Bonchev–Trinajstić information content (AvgIpc) is 2.36. The minimum atomic E-state index is -0.0401. The highest BCUT2D eigenvalue weighted by atomic mass is 16.1.